The van der Waals surface area contributed by atoms with Crippen molar-refractivity contribution in [2.24, 2.45) is 5.73 Å². The Morgan fingerprint density at radius 1 is 1.03 bits per heavy atom. The first-order valence-electron chi connectivity index (χ1n) is 10.3. The molecule has 1 amide bonds. The van der Waals surface area contributed by atoms with E-state index in [-0.39, 0.29) is 12.1 Å². The second-order valence-electron chi connectivity index (χ2n) is 7.75. The van der Waals surface area contributed by atoms with Gasteiger partial charge in [0.05, 0.1) is 11.0 Å². The van der Waals surface area contributed by atoms with E-state index in [1.165, 1.54) is 0 Å². The smallest absolute Gasteiger partial charge is 0.249 e. The molecule has 4 aromatic rings. The highest BCUT2D eigenvalue weighted by atomic mass is 19.2. The molecule has 0 saturated heterocycles. The Labute approximate surface area is 178 Å². The molecule has 6 heteroatoms. The number of unbranched alkanes of at least 4 members (excludes halogenated alkanes) is 2. The largest absolute Gasteiger partial charge is 0.366 e. The zero-order valence-corrected chi connectivity index (χ0v) is 17.1. The molecule has 0 aliphatic carbocycles. The lowest BCUT2D eigenvalue weighted by molar-refractivity contribution is 0.100. The Bertz CT molecular complexity index is 1270. The van der Waals surface area contributed by atoms with Crippen LogP contribution in [-0.4, -0.2) is 10.5 Å². The number of primary amides is 1. The lowest BCUT2D eigenvalue weighted by Crippen LogP contribution is -2.11. The predicted molar refractivity (Wildman–Crippen MR) is 115 cm³/mol. The number of nitrogens with two attached hydrogens (primary N) is 1. The average Bonchev–Trinajstić information content (AvgIpc) is 3.05. The van der Waals surface area contributed by atoms with Crippen molar-refractivity contribution < 1.29 is 18.0 Å². The first kappa shape index (κ1) is 21.0. The van der Waals surface area contributed by atoms with E-state index in [4.69, 9.17) is 5.73 Å². The predicted octanol–water partition coefficient (Wildman–Crippen LogP) is 5.89. The van der Waals surface area contributed by atoms with Gasteiger partial charge < -0.3 is 10.3 Å². The van der Waals surface area contributed by atoms with E-state index in [9.17, 15) is 18.0 Å². The molecule has 0 bridgehead atoms. The molecule has 0 fully saturated rings. The van der Waals surface area contributed by atoms with Crippen LogP contribution in [0.3, 0.4) is 0 Å². The number of carbonyl (C=O) groups excluding carboxylic acids is 1. The van der Waals surface area contributed by atoms with Gasteiger partial charge in [-0.05, 0) is 60.4 Å². The van der Waals surface area contributed by atoms with Crippen molar-refractivity contribution in [3.63, 3.8) is 0 Å². The summed E-state index contributed by atoms with van der Waals surface area (Å²) in [5.41, 5.74) is 8.78. The fraction of sp³-hybridized carbons (Fsp3) is 0.240. The van der Waals surface area contributed by atoms with Gasteiger partial charge in [-0.25, -0.2) is 13.2 Å². The van der Waals surface area contributed by atoms with Gasteiger partial charge in [0.1, 0.15) is 0 Å². The van der Waals surface area contributed by atoms with Crippen LogP contribution in [0.5, 0.6) is 0 Å². The molecule has 1 radical (unpaired) electrons. The lowest BCUT2D eigenvalue weighted by Gasteiger charge is -2.10. The summed E-state index contributed by atoms with van der Waals surface area (Å²) >= 11 is 0. The second-order valence-corrected chi connectivity index (χ2v) is 7.75. The number of fused-ring (bicyclic) bond motifs is 3. The number of aromatic nitrogens is 1. The standard InChI is InChI=1S/C25H22F3N2O/c1-2-3-4-6-15-9-10-17-22(13-15)30(14-16-11-19(26)24(28)20(27)12-16)21-8-5-7-18(23(17)21)25(29)31/h5,7-9,11-13H,2-4,6,14H2,1H3,(H2,29,31). The Morgan fingerprint density at radius 2 is 1.77 bits per heavy atom. The van der Waals surface area contributed by atoms with Crippen LogP contribution < -0.4 is 5.73 Å². The Morgan fingerprint density at radius 3 is 2.45 bits per heavy atom. The molecular formula is C25H22F3N2O. The third kappa shape index (κ3) is 3.90. The number of nitrogens with zero attached hydrogens (tertiary/aromatic N) is 1. The number of halogens is 3. The first-order chi connectivity index (χ1) is 14.9. The molecular weight excluding hydrogens is 401 g/mol. The maximum atomic E-state index is 13.8. The van der Waals surface area contributed by atoms with E-state index >= 15 is 0 Å². The zero-order chi connectivity index (χ0) is 22.1. The van der Waals surface area contributed by atoms with Gasteiger partial charge in [-0.3, -0.25) is 4.79 Å². The average molecular weight is 423 g/mol. The van der Waals surface area contributed by atoms with Crippen LogP contribution in [0.4, 0.5) is 13.2 Å². The number of amides is 1. The highest BCUT2D eigenvalue weighted by Crippen LogP contribution is 2.33. The number of carbonyl (C=O) groups is 1. The van der Waals surface area contributed by atoms with E-state index in [1.807, 2.05) is 22.8 Å². The van der Waals surface area contributed by atoms with E-state index in [1.54, 1.807) is 12.1 Å². The normalized spacial score (nSPS) is 11.5. The van der Waals surface area contributed by atoms with Crippen molar-refractivity contribution in [2.45, 2.75) is 39.2 Å². The molecule has 159 valence electrons. The number of benzene rings is 3. The van der Waals surface area contributed by atoms with Crippen molar-refractivity contribution in [1.29, 1.82) is 0 Å². The number of aryl methyl sites for hydroxylation is 1. The zero-order valence-electron chi connectivity index (χ0n) is 17.1. The minimum Gasteiger partial charge on any atom is -0.366 e. The molecule has 0 spiro atoms. The van der Waals surface area contributed by atoms with Crippen molar-refractivity contribution in [3.05, 3.63) is 82.7 Å². The van der Waals surface area contributed by atoms with Crippen LogP contribution in [0, 0.1) is 23.5 Å². The Balaban J connectivity index is 1.93. The van der Waals surface area contributed by atoms with Crippen LogP contribution in [0.25, 0.3) is 21.8 Å². The molecule has 0 aliphatic rings. The van der Waals surface area contributed by atoms with E-state index in [0.717, 1.165) is 48.9 Å². The maximum Gasteiger partial charge on any atom is 0.249 e. The first-order valence-corrected chi connectivity index (χ1v) is 10.3. The van der Waals surface area contributed by atoms with Gasteiger partial charge in [-0.15, -0.1) is 0 Å². The van der Waals surface area contributed by atoms with E-state index in [0.29, 0.717) is 21.9 Å². The summed E-state index contributed by atoms with van der Waals surface area (Å²) < 4.78 is 42.9. The van der Waals surface area contributed by atoms with Crippen molar-refractivity contribution in [1.82, 2.24) is 4.57 Å². The van der Waals surface area contributed by atoms with Crippen LogP contribution >= 0.6 is 0 Å². The Kier molecular flexibility index (Phi) is 5.72. The summed E-state index contributed by atoms with van der Waals surface area (Å²) in [7, 11) is 0. The van der Waals surface area contributed by atoms with Gasteiger partial charge in [0.25, 0.3) is 0 Å². The SMILES string of the molecule is CCCCCc1c[c]c2c3c(C(N)=O)cccc3n(Cc3cc(F)c(F)c(F)c3)c2c1. The minimum absolute atomic E-state index is 0.0998. The number of hydrogen-bond donors (Lipinski definition) is 1. The highest BCUT2D eigenvalue weighted by Gasteiger charge is 2.18. The van der Waals surface area contributed by atoms with Gasteiger partial charge in [0.2, 0.25) is 5.91 Å². The Hall–Kier alpha value is -3.28. The summed E-state index contributed by atoms with van der Waals surface area (Å²) in [4.78, 5) is 12.1. The van der Waals surface area contributed by atoms with Gasteiger partial charge in [-0.1, -0.05) is 31.9 Å². The molecule has 1 aromatic heterocycles. The van der Waals surface area contributed by atoms with Crippen LogP contribution in [0.15, 0.2) is 42.5 Å². The van der Waals surface area contributed by atoms with Gasteiger partial charge in [-0.2, -0.15) is 0 Å². The molecule has 0 aliphatic heterocycles. The summed E-state index contributed by atoms with van der Waals surface area (Å²) in [6.45, 7) is 2.24. The monoisotopic (exact) mass is 423 g/mol. The van der Waals surface area contributed by atoms with E-state index in [2.05, 4.69) is 13.0 Å². The third-order valence-corrected chi connectivity index (χ3v) is 5.57. The van der Waals surface area contributed by atoms with Gasteiger partial charge in [0, 0.05) is 22.9 Å². The fourth-order valence-electron chi connectivity index (χ4n) is 4.08. The molecule has 4 rings (SSSR count). The summed E-state index contributed by atoms with van der Waals surface area (Å²) in [5.74, 6) is -4.53. The van der Waals surface area contributed by atoms with Crippen LogP contribution in [0.1, 0.15) is 47.7 Å². The second kappa shape index (κ2) is 8.46. The highest BCUT2D eigenvalue weighted by molar-refractivity contribution is 6.17. The lowest BCUT2D eigenvalue weighted by atomic mass is 10.0. The van der Waals surface area contributed by atoms with Crippen molar-refractivity contribution >= 4 is 27.7 Å². The molecule has 0 atom stereocenters. The molecule has 3 nitrogen and oxygen atoms in total. The quantitative estimate of drug-likeness (QED) is 0.292. The van der Waals surface area contributed by atoms with E-state index < -0.39 is 23.4 Å². The summed E-state index contributed by atoms with van der Waals surface area (Å²) in [6.07, 6.45) is 4.14. The van der Waals surface area contributed by atoms with Crippen molar-refractivity contribution in [2.75, 3.05) is 0 Å². The van der Waals surface area contributed by atoms with Gasteiger partial charge >= 0.3 is 0 Å². The van der Waals surface area contributed by atoms with Crippen LogP contribution in [0.2, 0.25) is 0 Å². The number of hydrogen-bond acceptors (Lipinski definition) is 1. The molecule has 1 heterocycles. The molecule has 2 N–H and O–H groups in total. The third-order valence-electron chi connectivity index (χ3n) is 5.57. The molecule has 31 heavy (non-hydrogen) atoms. The minimum atomic E-state index is -1.49. The van der Waals surface area contributed by atoms with Crippen molar-refractivity contribution in [3.8, 4) is 0 Å². The fourth-order valence-corrected chi connectivity index (χ4v) is 4.08. The number of rotatable bonds is 7. The summed E-state index contributed by atoms with van der Waals surface area (Å²) in [6, 6.07) is 14.4. The topological polar surface area (TPSA) is 48.0 Å². The summed E-state index contributed by atoms with van der Waals surface area (Å²) in [5, 5.41) is 1.36. The molecule has 0 saturated carbocycles. The maximum absolute atomic E-state index is 13.8. The molecule has 3 aromatic carbocycles. The van der Waals surface area contributed by atoms with Gasteiger partial charge in [0.15, 0.2) is 17.5 Å². The molecule has 0 unspecified atom stereocenters. The van der Waals surface area contributed by atoms with Crippen LogP contribution in [-0.2, 0) is 13.0 Å².